The lowest BCUT2D eigenvalue weighted by atomic mass is 9.87. The van der Waals surface area contributed by atoms with Crippen LogP contribution in [0.5, 0.6) is 5.75 Å². The number of amides is 1. The van der Waals surface area contributed by atoms with Gasteiger partial charge in [-0.05, 0) is 42.5 Å². The molecule has 1 fully saturated rings. The maximum Gasteiger partial charge on any atom is 0.221 e. The smallest absolute Gasteiger partial charge is 0.221 e. The molecule has 2 aliphatic rings. The molecule has 0 aromatic heterocycles. The average Bonchev–Trinajstić information content (AvgIpc) is 2.80. The van der Waals surface area contributed by atoms with Gasteiger partial charge in [0, 0.05) is 45.7 Å². The second-order valence-corrected chi connectivity index (χ2v) is 8.83. The van der Waals surface area contributed by atoms with Crippen LogP contribution in [0.1, 0.15) is 36.4 Å². The van der Waals surface area contributed by atoms with Crippen LogP contribution in [0.2, 0.25) is 5.02 Å². The first-order valence-corrected chi connectivity index (χ1v) is 11.8. The van der Waals surface area contributed by atoms with Gasteiger partial charge in [0.1, 0.15) is 12.4 Å². The molecule has 1 N–H and O–H groups in total. The van der Waals surface area contributed by atoms with Crippen molar-refractivity contribution in [2.45, 2.75) is 31.7 Å². The van der Waals surface area contributed by atoms with Gasteiger partial charge >= 0.3 is 0 Å². The maximum absolute atomic E-state index is 12.6. The third-order valence-corrected chi connectivity index (χ3v) is 6.64. The molecule has 0 saturated carbocycles. The molecule has 1 unspecified atom stereocenters. The molecule has 1 aliphatic heterocycles. The number of ether oxygens (including phenoxy) is 1. The van der Waals surface area contributed by atoms with E-state index in [1.165, 1.54) is 11.1 Å². The van der Waals surface area contributed by atoms with Crippen molar-refractivity contribution in [3.8, 4) is 5.75 Å². The molecule has 2 aromatic rings. The van der Waals surface area contributed by atoms with E-state index in [0.717, 1.165) is 64.3 Å². The lowest BCUT2D eigenvalue weighted by Gasteiger charge is -2.34. The number of nitrogens with one attached hydrogen (secondary N) is 1. The highest BCUT2D eigenvalue weighted by Crippen LogP contribution is 2.29. The van der Waals surface area contributed by atoms with E-state index in [4.69, 9.17) is 16.3 Å². The summed E-state index contributed by atoms with van der Waals surface area (Å²) in [5, 5.41) is 3.92. The summed E-state index contributed by atoms with van der Waals surface area (Å²) >= 11 is 6.13. The molecular formula is C25H32ClN3O2. The van der Waals surface area contributed by atoms with E-state index in [1.54, 1.807) is 0 Å². The first-order valence-electron chi connectivity index (χ1n) is 11.4. The summed E-state index contributed by atoms with van der Waals surface area (Å²) in [6.45, 7) is 6.34. The fourth-order valence-electron chi connectivity index (χ4n) is 4.51. The van der Waals surface area contributed by atoms with Crippen LogP contribution in [0.15, 0.2) is 48.5 Å². The number of nitrogens with zero attached hydrogens (tertiary/aromatic N) is 2. The molecule has 4 rings (SSSR count). The molecule has 1 aliphatic carbocycles. The van der Waals surface area contributed by atoms with Gasteiger partial charge in [-0.2, -0.15) is 0 Å². The van der Waals surface area contributed by atoms with Crippen LogP contribution in [-0.2, 0) is 11.2 Å². The summed E-state index contributed by atoms with van der Waals surface area (Å²) in [5.41, 5.74) is 2.68. The third kappa shape index (κ3) is 6.22. The molecule has 1 atom stereocenters. The average molecular weight is 442 g/mol. The van der Waals surface area contributed by atoms with Crippen LogP contribution in [0.3, 0.4) is 0 Å². The van der Waals surface area contributed by atoms with Crippen LogP contribution in [0.4, 0.5) is 0 Å². The Balaban J connectivity index is 1.13. The van der Waals surface area contributed by atoms with E-state index in [9.17, 15) is 4.79 Å². The van der Waals surface area contributed by atoms with Crippen molar-refractivity contribution in [2.75, 3.05) is 45.9 Å². The Kier molecular flexibility index (Phi) is 7.84. The van der Waals surface area contributed by atoms with Gasteiger partial charge in [0.05, 0.1) is 11.1 Å². The van der Waals surface area contributed by atoms with Crippen LogP contribution < -0.4 is 10.1 Å². The summed E-state index contributed by atoms with van der Waals surface area (Å²) in [6.07, 6.45) is 3.87. The molecule has 1 saturated heterocycles. The van der Waals surface area contributed by atoms with Gasteiger partial charge in [-0.25, -0.2) is 0 Å². The predicted molar refractivity (Wildman–Crippen MR) is 125 cm³/mol. The summed E-state index contributed by atoms with van der Waals surface area (Å²) in [7, 11) is 0. The minimum Gasteiger partial charge on any atom is -0.491 e. The first kappa shape index (κ1) is 22.1. The van der Waals surface area contributed by atoms with Crippen molar-refractivity contribution >= 4 is 17.5 Å². The summed E-state index contributed by atoms with van der Waals surface area (Å²) in [4.78, 5) is 17.4. The minimum atomic E-state index is 0.164. The van der Waals surface area contributed by atoms with Crippen molar-refractivity contribution in [1.82, 2.24) is 15.1 Å². The monoisotopic (exact) mass is 441 g/mol. The normalized spacial score (nSPS) is 19.6. The number of para-hydroxylation sites is 1. The lowest BCUT2D eigenvalue weighted by molar-refractivity contribution is -0.122. The fourth-order valence-corrected chi connectivity index (χ4v) is 4.70. The largest absolute Gasteiger partial charge is 0.491 e. The van der Waals surface area contributed by atoms with Crippen molar-refractivity contribution in [1.29, 1.82) is 0 Å². The number of piperazine rings is 1. The van der Waals surface area contributed by atoms with Crippen LogP contribution >= 0.6 is 11.6 Å². The van der Waals surface area contributed by atoms with E-state index in [0.29, 0.717) is 18.1 Å². The van der Waals surface area contributed by atoms with Crippen molar-refractivity contribution in [3.05, 3.63) is 64.7 Å². The van der Waals surface area contributed by atoms with Crippen LogP contribution in [-0.4, -0.2) is 61.6 Å². The standard InChI is InChI=1S/C25H32ClN3O2/c26-22-9-3-4-11-24(22)31-19-18-29-16-14-28(15-17-29)13-12-25(30)27-23-10-5-7-20-6-1-2-8-21(20)23/h1-4,6,8-9,11,23H,5,7,10,12-19H2,(H,27,30). The van der Waals surface area contributed by atoms with E-state index in [-0.39, 0.29) is 11.9 Å². The van der Waals surface area contributed by atoms with Gasteiger partial charge in [-0.1, -0.05) is 48.0 Å². The Hall–Kier alpha value is -2.08. The number of aryl methyl sites for hydroxylation is 1. The number of benzene rings is 2. The lowest BCUT2D eigenvalue weighted by Crippen LogP contribution is -2.48. The highest BCUT2D eigenvalue weighted by Gasteiger charge is 2.22. The summed E-state index contributed by atoms with van der Waals surface area (Å²) < 4.78 is 5.80. The number of carbonyl (C=O) groups excluding carboxylic acids is 1. The fraction of sp³-hybridized carbons (Fsp3) is 0.480. The summed E-state index contributed by atoms with van der Waals surface area (Å²) in [6, 6.07) is 16.3. The van der Waals surface area contributed by atoms with Gasteiger partial charge < -0.3 is 15.0 Å². The zero-order valence-electron chi connectivity index (χ0n) is 18.1. The Labute approximate surface area is 190 Å². The molecule has 166 valence electrons. The van der Waals surface area contributed by atoms with E-state index < -0.39 is 0 Å². The highest BCUT2D eigenvalue weighted by molar-refractivity contribution is 6.32. The maximum atomic E-state index is 12.6. The Morgan fingerprint density at radius 1 is 1.00 bits per heavy atom. The molecule has 0 radical (unpaired) electrons. The quantitative estimate of drug-likeness (QED) is 0.674. The molecular weight excluding hydrogens is 410 g/mol. The number of hydrogen-bond acceptors (Lipinski definition) is 4. The molecule has 1 amide bonds. The summed E-state index contributed by atoms with van der Waals surface area (Å²) in [5.74, 6) is 0.909. The van der Waals surface area contributed by atoms with E-state index in [1.807, 2.05) is 24.3 Å². The number of carbonyl (C=O) groups is 1. The first-order chi connectivity index (χ1) is 15.2. The zero-order chi connectivity index (χ0) is 21.5. The molecule has 6 heteroatoms. The number of fused-ring (bicyclic) bond motifs is 1. The minimum absolute atomic E-state index is 0.164. The number of halogens is 1. The van der Waals surface area contributed by atoms with Gasteiger partial charge in [-0.3, -0.25) is 9.69 Å². The topological polar surface area (TPSA) is 44.8 Å². The van der Waals surface area contributed by atoms with Crippen molar-refractivity contribution < 1.29 is 9.53 Å². The Morgan fingerprint density at radius 3 is 2.52 bits per heavy atom. The molecule has 1 heterocycles. The van der Waals surface area contributed by atoms with Gasteiger partial charge in [0.2, 0.25) is 5.91 Å². The van der Waals surface area contributed by atoms with Gasteiger partial charge in [0.15, 0.2) is 0 Å². The third-order valence-electron chi connectivity index (χ3n) is 6.33. The Morgan fingerprint density at radius 2 is 1.71 bits per heavy atom. The van der Waals surface area contributed by atoms with Crippen molar-refractivity contribution in [2.24, 2.45) is 0 Å². The number of hydrogen-bond donors (Lipinski definition) is 1. The second kappa shape index (κ2) is 11.0. The van der Waals surface area contributed by atoms with E-state index >= 15 is 0 Å². The number of rotatable bonds is 8. The molecule has 2 aromatic carbocycles. The SMILES string of the molecule is O=C(CCN1CCN(CCOc2ccccc2Cl)CC1)NC1CCCc2ccccc21. The molecule has 5 nitrogen and oxygen atoms in total. The van der Waals surface area contributed by atoms with E-state index in [2.05, 4.69) is 39.4 Å². The van der Waals surface area contributed by atoms with Crippen molar-refractivity contribution in [3.63, 3.8) is 0 Å². The Bertz CT molecular complexity index is 867. The van der Waals surface area contributed by atoms with Crippen LogP contribution in [0.25, 0.3) is 0 Å². The predicted octanol–water partition coefficient (Wildman–Crippen LogP) is 3.92. The molecule has 0 bridgehead atoms. The van der Waals surface area contributed by atoms with Gasteiger partial charge in [0.25, 0.3) is 0 Å². The zero-order valence-corrected chi connectivity index (χ0v) is 18.8. The molecule has 0 spiro atoms. The highest BCUT2D eigenvalue weighted by atomic mass is 35.5. The molecule has 31 heavy (non-hydrogen) atoms. The van der Waals surface area contributed by atoms with Gasteiger partial charge in [-0.15, -0.1) is 0 Å². The van der Waals surface area contributed by atoms with Crippen LogP contribution in [0, 0.1) is 0 Å². The second-order valence-electron chi connectivity index (χ2n) is 8.42.